The number of carbonyl (C=O) groups excluding carboxylic acids is 1. The molecule has 1 atom stereocenters. The number of rotatable bonds is 5. The molecule has 0 bridgehead atoms. The fourth-order valence-corrected chi connectivity index (χ4v) is 2.85. The minimum Gasteiger partial charge on any atom is -0.383 e. The molecule has 7 heteroatoms. The van der Waals surface area contributed by atoms with Gasteiger partial charge in [-0.15, -0.1) is 12.4 Å². The molecule has 1 fully saturated rings. The first-order valence-corrected chi connectivity index (χ1v) is 7.33. The zero-order chi connectivity index (χ0) is 14.6. The summed E-state index contributed by atoms with van der Waals surface area (Å²) in [7, 11) is 1.64. The molecule has 1 aliphatic heterocycles. The number of nitrogens with one attached hydrogen (secondary N) is 2. The van der Waals surface area contributed by atoms with E-state index in [-0.39, 0.29) is 23.5 Å². The molecule has 1 unspecified atom stereocenters. The van der Waals surface area contributed by atoms with E-state index in [1.54, 1.807) is 13.2 Å². The van der Waals surface area contributed by atoms with Gasteiger partial charge >= 0.3 is 0 Å². The number of benzene rings is 1. The van der Waals surface area contributed by atoms with Gasteiger partial charge in [0.05, 0.1) is 17.7 Å². The number of hydrogen-bond acceptors (Lipinski definition) is 3. The van der Waals surface area contributed by atoms with Crippen LogP contribution in [0.3, 0.4) is 0 Å². The normalized spacial score (nSPS) is 20.9. The molecule has 1 aliphatic rings. The average molecular weight is 382 g/mol. The number of amides is 1. The molecule has 0 aromatic heterocycles. The van der Waals surface area contributed by atoms with Crippen molar-refractivity contribution in [3.8, 4) is 0 Å². The van der Waals surface area contributed by atoms with E-state index in [9.17, 15) is 9.18 Å². The van der Waals surface area contributed by atoms with Crippen LogP contribution in [0.1, 0.15) is 23.2 Å². The van der Waals surface area contributed by atoms with Crippen LogP contribution in [0.25, 0.3) is 0 Å². The SMILES string of the molecule is COCC1(CNC(=O)c2cc(Br)ccc2F)CCCN1.Cl. The van der Waals surface area contributed by atoms with Crippen LogP contribution in [-0.2, 0) is 4.74 Å². The van der Waals surface area contributed by atoms with Gasteiger partial charge in [0.15, 0.2) is 0 Å². The van der Waals surface area contributed by atoms with E-state index in [1.807, 2.05) is 0 Å². The molecule has 2 rings (SSSR count). The Morgan fingerprint density at radius 1 is 1.57 bits per heavy atom. The second-order valence-corrected chi connectivity index (χ2v) is 5.97. The standard InChI is InChI=1S/C14H18BrFN2O2.ClH/c1-20-9-14(5-2-6-18-14)8-17-13(19)11-7-10(15)3-4-12(11)16;/h3-4,7,18H,2,5-6,8-9H2,1H3,(H,17,19);1H. The van der Waals surface area contributed by atoms with E-state index in [0.29, 0.717) is 17.6 Å². The maximum atomic E-state index is 13.6. The van der Waals surface area contributed by atoms with Crippen LogP contribution in [0.2, 0.25) is 0 Å². The average Bonchev–Trinajstić information content (AvgIpc) is 2.88. The molecule has 0 radical (unpaired) electrons. The summed E-state index contributed by atoms with van der Waals surface area (Å²) < 4.78 is 19.5. The molecule has 0 saturated carbocycles. The lowest BCUT2D eigenvalue weighted by Gasteiger charge is -2.29. The molecule has 0 aliphatic carbocycles. The van der Waals surface area contributed by atoms with Gasteiger partial charge < -0.3 is 15.4 Å². The Labute approximate surface area is 138 Å². The first-order chi connectivity index (χ1) is 9.56. The van der Waals surface area contributed by atoms with Crippen molar-refractivity contribution in [2.45, 2.75) is 18.4 Å². The Balaban J connectivity index is 0.00000220. The van der Waals surface area contributed by atoms with Crippen molar-refractivity contribution < 1.29 is 13.9 Å². The first-order valence-electron chi connectivity index (χ1n) is 6.53. The summed E-state index contributed by atoms with van der Waals surface area (Å²) in [6, 6.07) is 4.32. The minimum atomic E-state index is -0.522. The van der Waals surface area contributed by atoms with E-state index >= 15 is 0 Å². The molecule has 2 N–H and O–H groups in total. The van der Waals surface area contributed by atoms with E-state index in [2.05, 4.69) is 26.6 Å². The van der Waals surface area contributed by atoms with E-state index in [4.69, 9.17) is 4.74 Å². The molecular formula is C14H19BrClFN2O2. The van der Waals surface area contributed by atoms with Gasteiger partial charge in [-0.2, -0.15) is 0 Å². The second kappa shape index (κ2) is 8.08. The number of hydrogen-bond donors (Lipinski definition) is 2. The van der Waals surface area contributed by atoms with E-state index in [1.165, 1.54) is 12.1 Å². The highest BCUT2D eigenvalue weighted by molar-refractivity contribution is 9.10. The largest absolute Gasteiger partial charge is 0.383 e. The summed E-state index contributed by atoms with van der Waals surface area (Å²) >= 11 is 3.24. The van der Waals surface area contributed by atoms with E-state index < -0.39 is 11.7 Å². The number of methoxy groups -OCH3 is 1. The van der Waals surface area contributed by atoms with Gasteiger partial charge in [-0.25, -0.2) is 4.39 Å². The monoisotopic (exact) mass is 380 g/mol. The van der Waals surface area contributed by atoms with Crippen LogP contribution < -0.4 is 10.6 Å². The molecule has 118 valence electrons. The molecule has 1 amide bonds. The molecule has 1 heterocycles. The zero-order valence-electron chi connectivity index (χ0n) is 11.7. The number of halogens is 3. The fourth-order valence-electron chi connectivity index (χ4n) is 2.49. The van der Waals surface area contributed by atoms with Gasteiger partial charge in [-0.05, 0) is 37.6 Å². The second-order valence-electron chi connectivity index (χ2n) is 5.05. The highest BCUT2D eigenvalue weighted by Gasteiger charge is 2.34. The van der Waals surface area contributed by atoms with Crippen LogP contribution in [0.15, 0.2) is 22.7 Å². The van der Waals surface area contributed by atoms with Gasteiger partial charge in [0.25, 0.3) is 5.91 Å². The van der Waals surface area contributed by atoms with Crippen molar-refractivity contribution >= 4 is 34.2 Å². The molecule has 1 aromatic rings. The first kappa shape index (κ1) is 18.4. The maximum Gasteiger partial charge on any atom is 0.254 e. The van der Waals surface area contributed by atoms with Crippen LogP contribution in [-0.4, -0.2) is 38.3 Å². The van der Waals surface area contributed by atoms with Gasteiger partial charge in [-0.1, -0.05) is 15.9 Å². The topological polar surface area (TPSA) is 50.4 Å². The Bertz CT molecular complexity index is 496. The number of ether oxygens (including phenoxy) is 1. The van der Waals surface area contributed by atoms with E-state index in [0.717, 1.165) is 19.4 Å². The molecular weight excluding hydrogens is 363 g/mol. The van der Waals surface area contributed by atoms with Gasteiger partial charge in [0, 0.05) is 18.1 Å². The predicted octanol–water partition coefficient (Wildman–Crippen LogP) is 2.51. The van der Waals surface area contributed by atoms with Crippen LogP contribution in [0, 0.1) is 5.82 Å². The quantitative estimate of drug-likeness (QED) is 0.824. The smallest absolute Gasteiger partial charge is 0.254 e. The Morgan fingerprint density at radius 2 is 2.33 bits per heavy atom. The van der Waals surface area contributed by atoms with Crippen molar-refractivity contribution in [1.29, 1.82) is 0 Å². The summed E-state index contributed by atoms with van der Waals surface area (Å²) in [5, 5.41) is 6.15. The number of carbonyl (C=O) groups is 1. The lowest BCUT2D eigenvalue weighted by atomic mass is 9.98. The van der Waals surface area contributed by atoms with Gasteiger partial charge in [-0.3, -0.25) is 4.79 Å². The van der Waals surface area contributed by atoms with Crippen LogP contribution >= 0.6 is 28.3 Å². The maximum absolute atomic E-state index is 13.6. The lowest BCUT2D eigenvalue weighted by Crippen LogP contribution is -2.53. The summed E-state index contributed by atoms with van der Waals surface area (Å²) in [4.78, 5) is 12.1. The lowest BCUT2D eigenvalue weighted by molar-refractivity contribution is 0.0888. The molecule has 1 aromatic carbocycles. The molecule has 1 saturated heterocycles. The third kappa shape index (κ3) is 4.64. The van der Waals surface area contributed by atoms with Gasteiger partial charge in [0.1, 0.15) is 5.82 Å². The minimum absolute atomic E-state index is 0. The van der Waals surface area contributed by atoms with Crippen molar-refractivity contribution in [2.75, 3.05) is 26.8 Å². The van der Waals surface area contributed by atoms with Crippen molar-refractivity contribution in [3.63, 3.8) is 0 Å². The van der Waals surface area contributed by atoms with Crippen molar-refractivity contribution in [2.24, 2.45) is 0 Å². The van der Waals surface area contributed by atoms with Gasteiger partial charge in [0.2, 0.25) is 0 Å². The summed E-state index contributed by atoms with van der Waals surface area (Å²) in [5.41, 5.74) is -0.197. The zero-order valence-corrected chi connectivity index (χ0v) is 14.2. The molecule has 4 nitrogen and oxygen atoms in total. The molecule has 21 heavy (non-hydrogen) atoms. The van der Waals surface area contributed by atoms with Crippen molar-refractivity contribution in [3.05, 3.63) is 34.1 Å². The van der Waals surface area contributed by atoms with Crippen molar-refractivity contribution in [1.82, 2.24) is 10.6 Å². The fraction of sp³-hybridized carbons (Fsp3) is 0.500. The Hall–Kier alpha value is -0.690. The third-order valence-electron chi connectivity index (χ3n) is 3.51. The highest BCUT2D eigenvalue weighted by Crippen LogP contribution is 2.20. The third-order valence-corrected chi connectivity index (χ3v) is 4.01. The Morgan fingerprint density at radius 3 is 2.95 bits per heavy atom. The highest BCUT2D eigenvalue weighted by atomic mass is 79.9. The Kier molecular flexibility index (Phi) is 7.06. The summed E-state index contributed by atoms with van der Waals surface area (Å²) in [6.07, 6.45) is 1.98. The molecule has 0 spiro atoms. The van der Waals surface area contributed by atoms with Crippen LogP contribution in [0.5, 0.6) is 0 Å². The summed E-state index contributed by atoms with van der Waals surface area (Å²) in [6.45, 7) is 1.85. The van der Waals surface area contributed by atoms with Crippen LogP contribution in [0.4, 0.5) is 4.39 Å². The predicted molar refractivity (Wildman–Crippen MR) is 85.5 cm³/mol. The summed E-state index contributed by atoms with van der Waals surface area (Å²) in [5.74, 6) is -0.932.